The monoisotopic (exact) mass is 271 g/mol. The van der Waals surface area contributed by atoms with E-state index < -0.39 is 6.09 Å². The molecule has 0 aliphatic rings. The zero-order valence-corrected chi connectivity index (χ0v) is 10.9. The van der Waals surface area contributed by atoms with Gasteiger partial charge in [-0.05, 0) is 11.6 Å². The Kier molecular flexibility index (Phi) is 4.39. The highest BCUT2D eigenvalue weighted by molar-refractivity contribution is 5.92. The predicted octanol–water partition coefficient (Wildman–Crippen LogP) is 2.43. The second-order valence-electron chi connectivity index (χ2n) is 4.01. The number of Topliss-reactive ketones (excluding diaryl/α,β-unsaturated/α-hetero) is 1. The summed E-state index contributed by atoms with van der Waals surface area (Å²) in [5.41, 5.74) is 1.11. The van der Waals surface area contributed by atoms with Crippen molar-refractivity contribution < 1.29 is 14.3 Å². The van der Waals surface area contributed by atoms with Crippen LogP contribution in [0.15, 0.2) is 42.6 Å². The number of rotatable bonds is 4. The minimum absolute atomic E-state index is 0.0377. The van der Waals surface area contributed by atoms with E-state index in [9.17, 15) is 9.59 Å². The van der Waals surface area contributed by atoms with Crippen LogP contribution in [0.4, 0.5) is 10.7 Å². The molecule has 1 heterocycles. The van der Waals surface area contributed by atoms with Crippen molar-refractivity contribution >= 4 is 17.8 Å². The van der Waals surface area contributed by atoms with Crippen LogP contribution >= 0.6 is 0 Å². The van der Waals surface area contributed by atoms with Gasteiger partial charge in [-0.15, -0.1) is 0 Å². The largest absolute Gasteiger partial charge is 0.444 e. The average molecular weight is 271 g/mol. The Labute approximate surface area is 115 Å². The quantitative estimate of drug-likeness (QED) is 0.864. The number of anilines is 1. The van der Waals surface area contributed by atoms with Crippen LogP contribution in [0.5, 0.6) is 0 Å². The zero-order chi connectivity index (χ0) is 14.4. The van der Waals surface area contributed by atoms with E-state index in [1.54, 1.807) is 0 Å². The molecular weight excluding hydrogens is 258 g/mol. The summed E-state index contributed by atoms with van der Waals surface area (Å²) in [6.45, 7) is 1.54. The van der Waals surface area contributed by atoms with Crippen molar-refractivity contribution in [3.05, 3.63) is 53.9 Å². The Morgan fingerprint density at radius 3 is 2.65 bits per heavy atom. The van der Waals surface area contributed by atoms with Crippen molar-refractivity contribution in [2.24, 2.45) is 0 Å². The van der Waals surface area contributed by atoms with Gasteiger partial charge in [-0.25, -0.2) is 14.8 Å². The molecule has 0 saturated heterocycles. The minimum atomic E-state index is -0.672. The van der Waals surface area contributed by atoms with Crippen molar-refractivity contribution in [1.29, 1.82) is 0 Å². The number of carbonyl (C=O) groups excluding carboxylic acids is 2. The van der Waals surface area contributed by atoms with Gasteiger partial charge < -0.3 is 4.74 Å². The van der Waals surface area contributed by atoms with Gasteiger partial charge in [0.1, 0.15) is 12.3 Å². The summed E-state index contributed by atoms with van der Waals surface area (Å²) in [6.07, 6.45) is 0.728. The van der Waals surface area contributed by atoms with Crippen molar-refractivity contribution in [1.82, 2.24) is 9.97 Å². The highest BCUT2D eigenvalue weighted by atomic mass is 16.5. The van der Waals surface area contributed by atoms with Gasteiger partial charge in [-0.2, -0.15) is 0 Å². The summed E-state index contributed by atoms with van der Waals surface area (Å²) in [5, 5.41) is 2.37. The van der Waals surface area contributed by atoms with Crippen LogP contribution < -0.4 is 5.32 Å². The molecule has 102 valence electrons. The van der Waals surface area contributed by atoms with Crippen LogP contribution in [0.25, 0.3) is 0 Å². The molecule has 0 unspecified atom stereocenters. The first-order valence-electron chi connectivity index (χ1n) is 5.97. The maximum Gasteiger partial charge on any atom is 0.414 e. The minimum Gasteiger partial charge on any atom is -0.444 e. The highest BCUT2D eigenvalue weighted by Gasteiger charge is 2.08. The fourth-order valence-corrected chi connectivity index (χ4v) is 1.47. The maximum absolute atomic E-state index is 11.6. The average Bonchev–Trinajstić information content (AvgIpc) is 2.46. The molecule has 0 spiro atoms. The smallest absolute Gasteiger partial charge is 0.414 e. The number of nitrogens with one attached hydrogen (secondary N) is 1. The normalized spacial score (nSPS) is 9.85. The first-order valence-corrected chi connectivity index (χ1v) is 5.97. The van der Waals surface area contributed by atoms with Gasteiger partial charge >= 0.3 is 6.09 Å². The van der Waals surface area contributed by atoms with Gasteiger partial charge in [-0.3, -0.25) is 10.1 Å². The summed E-state index contributed by atoms with van der Waals surface area (Å²) >= 11 is 0. The Balaban J connectivity index is 1.91. The number of hydrogen-bond acceptors (Lipinski definition) is 5. The van der Waals surface area contributed by atoms with Crippen LogP contribution in [0.1, 0.15) is 23.0 Å². The molecule has 6 nitrogen and oxygen atoms in total. The number of carbonyl (C=O) groups is 2. The number of aromatic nitrogens is 2. The Morgan fingerprint density at radius 2 is 1.95 bits per heavy atom. The van der Waals surface area contributed by atoms with Crippen molar-refractivity contribution in [2.45, 2.75) is 13.5 Å². The molecule has 0 radical (unpaired) electrons. The van der Waals surface area contributed by atoms with Crippen molar-refractivity contribution in [3.63, 3.8) is 0 Å². The summed E-state index contributed by atoms with van der Waals surface area (Å²) in [5.74, 6) is -0.163. The standard InChI is InChI=1S/C14H13N3O3/c1-10(18)12-7-8-15-13(16-12)17-14(19)20-9-11-5-3-2-4-6-11/h2-8H,9H2,1H3,(H,15,16,17,19). The molecular formula is C14H13N3O3. The molecule has 1 amide bonds. The van der Waals surface area contributed by atoms with Crippen LogP contribution in [-0.2, 0) is 11.3 Å². The molecule has 2 aromatic rings. The molecule has 1 aromatic heterocycles. The van der Waals surface area contributed by atoms with Crippen LogP contribution in [-0.4, -0.2) is 21.8 Å². The Hall–Kier alpha value is -2.76. The van der Waals surface area contributed by atoms with E-state index >= 15 is 0 Å². The lowest BCUT2D eigenvalue weighted by molar-refractivity contribution is 0.101. The second-order valence-corrected chi connectivity index (χ2v) is 4.01. The van der Waals surface area contributed by atoms with Crippen LogP contribution in [0, 0.1) is 0 Å². The van der Waals surface area contributed by atoms with Crippen molar-refractivity contribution in [3.8, 4) is 0 Å². The third kappa shape index (κ3) is 3.88. The Bertz CT molecular complexity index is 614. The van der Waals surface area contributed by atoms with Gasteiger partial charge in [0.05, 0.1) is 0 Å². The van der Waals surface area contributed by atoms with Gasteiger partial charge in [-0.1, -0.05) is 30.3 Å². The van der Waals surface area contributed by atoms with Gasteiger partial charge in [0, 0.05) is 13.1 Å². The number of ketones is 1. The number of benzene rings is 1. The zero-order valence-electron chi connectivity index (χ0n) is 10.9. The summed E-state index contributed by atoms with van der Waals surface area (Å²) in [6, 6.07) is 10.8. The lowest BCUT2D eigenvalue weighted by Crippen LogP contribution is -2.16. The van der Waals surface area contributed by atoms with Gasteiger partial charge in [0.2, 0.25) is 5.95 Å². The molecule has 0 saturated carbocycles. The van der Waals surface area contributed by atoms with E-state index in [0.29, 0.717) is 0 Å². The number of hydrogen-bond donors (Lipinski definition) is 1. The number of amides is 1. The fourth-order valence-electron chi connectivity index (χ4n) is 1.47. The van der Waals surface area contributed by atoms with Crippen LogP contribution in [0.3, 0.4) is 0 Å². The summed E-state index contributed by atoms with van der Waals surface area (Å²) < 4.78 is 5.02. The van der Waals surface area contributed by atoms with E-state index in [2.05, 4.69) is 15.3 Å². The van der Waals surface area contributed by atoms with Gasteiger partial charge in [0.25, 0.3) is 0 Å². The fraction of sp³-hybridized carbons (Fsp3) is 0.143. The maximum atomic E-state index is 11.6. The molecule has 0 atom stereocenters. The third-order valence-electron chi connectivity index (χ3n) is 2.44. The lowest BCUT2D eigenvalue weighted by atomic mass is 10.2. The molecule has 2 rings (SSSR count). The molecule has 0 aliphatic carbocycles. The highest BCUT2D eigenvalue weighted by Crippen LogP contribution is 2.04. The summed E-state index contributed by atoms with van der Waals surface area (Å²) in [4.78, 5) is 30.5. The van der Waals surface area contributed by atoms with E-state index in [-0.39, 0.29) is 24.0 Å². The second kappa shape index (κ2) is 6.42. The third-order valence-corrected chi connectivity index (χ3v) is 2.44. The summed E-state index contributed by atoms with van der Waals surface area (Å²) in [7, 11) is 0. The van der Waals surface area contributed by atoms with Crippen LogP contribution in [0.2, 0.25) is 0 Å². The van der Waals surface area contributed by atoms with Crippen molar-refractivity contribution in [2.75, 3.05) is 5.32 Å². The molecule has 0 aliphatic heterocycles. The predicted molar refractivity (Wildman–Crippen MR) is 72.3 cm³/mol. The first-order chi connectivity index (χ1) is 9.65. The van der Waals surface area contributed by atoms with Gasteiger partial charge in [0.15, 0.2) is 5.78 Å². The SMILES string of the molecule is CC(=O)c1ccnc(NC(=O)OCc2ccccc2)n1. The topological polar surface area (TPSA) is 81.2 Å². The molecule has 0 fully saturated rings. The molecule has 1 N–H and O–H groups in total. The molecule has 1 aromatic carbocycles. The first kappa shape index (κ1) is 13.7. The molecule has 0 bridgehead atoms. The van der Waals surface area contributed by atoms with E-state index in [1.165, 1.54) is 19.2 Å². The van der Waals surface area contributed by atoms with E-state index in [1.807, 2.05) is 30.3 Å². The Morgan fingerprint density at radius 1 is 1.20 bits per heavy atom. The lowest BCUT2D eigenvalue weighted by Gasteiger charge is -2.06. The van der Waals surface area contributed by atoms with E-state index in [4.69, 9.17) is 4.74 Å². The molecule has 20 heavy (non-hydrogen) atoms. The number of ether oxygens (including phenoxy) is 1. The molecule has 6 heteroatoms. The number of nitrogens with zero attached hydrogens (tertiary/aromatic N) is 2. The van der Waals surface area contributed by atoms with E-state index in [0.717, 1.165) is 5.56 Å².